The Morgan fingerprint density at radius 2 is 2.11 bits per heavy atom. The Hall–Kier alpha value is -0.440. The number of nitrogens with zero attached hydrogens (tertiary/aromatic N) is 1. The summed E-state index contributed by atoms with van der Waals surface area (Å²) in [5.74, 6) is 1.99. The Morgan fingerprint density at radius 1 is 1.32 bits per heavy atom. The van der Waals surface area contributed by atoms with Crippen molar-refractivity contribution in [3.05, 3.63) is 11.0 Å². The number of hydrogen-bond donors (Lipinski definition) is 0. The molecule has 3 heteroatoms. The minimum absolute atomic E-state index is 0.279. The van der Waals surface area contributed by atoms with Crippen molar-refractivity contribution < 1.29 is 4.79 Å². The molecule has 1 aliphatic heterocycles. The monoisotopic (exact) mass is 283 g/mol. The molecule has 0 N–H and O–H groups in total. The first-order chi connectivity index (χ1) is 9.15. The highest BCUT2D eigenvalue weighted by Gasteiger charge is 2.23. The molecule has 0 bridgehead atoms. The number of rotatable bonds is 8. The standard InChI is InChI=1S/C16H29NOS/c1-4-5-6-7-11-19-13-15-9-8-10-17(16(15)18)12-14(2)3/h13-14H,4-12H2,1-3H3/b15-13-. The van der Waals surface area contributed by atoms with Crippen LogP contribution in [0.1, 0.15) is 59.3 Å². The van der Waals surface area contributed by atoms with Gasteiger partial charge < -0.3 is 4.90 Å². The Kier molecular flexibility index (Phi) is 8.27. The predicted molar refractivity (Wildman–Crippen MR) is 85.3 cm³/mol. The van der Waals surface area contributed by atoms with Gasteiger partial charge in [-0.2, -0.15) is 0 Å². The number of piperidine rings is 1. The quantitative estimate of drug-likeness (QED) is 0.484. The average Bonchev–Trinajstić information content (AvgIpc) is 2.37. The smallest absolute Gasteiger partial charge is 0.250 e. The van der Waals surface area contributed by atoms with Crippen LogP contribution in [0.5, 0.6) is 0 Å². The molecule has 110 valence electrons. The first-order valence-corrected chi connectivity index (χ1v) is 8.80. The number of carbonyl (C=O) groups excluding carboxylic acids is 1. The molecule has 0 aliphatic carbocycles. The third-order valence-corrected chi connectivity index (χ3v) is 4.34. The summed E-state index contributed by atoms with van der Waals surface area (Å²) in [6.07, 6.45) is 7.30. The van der Waals surface area contributed by atoms with E-state index < -0.39 is 0 Å². The molecule has 0 spiro atoms. The summed E-state index contributed by atoms with van der Waals surface area (Å²) in [5.41, 5.74) is 1.03. The molecule has 0 saturated carbocycles. The highest BCUT2D eigenvalue weighted by atomic mass is 32.2. The fourth-order valence-corrected chi connectivity index (χ4v) is 3.28. The largest absolute Gasteiger partial charge is 0.339 e. The fourth-order valence-electron chi connectivity index (χ4n) is 2.37. The summed E-state index contributed by atoms with van der Waals surface area (Å²) in [6.45, 7) is 8.42. The van der Waals surface area contributed by atoms with Crippen LogP contribution in [0.3, 0.4) is 0 Å². The van der Waals surface area contributed by atoms with Gasteiger partial charge >= 0.3 is 0 Å². The van der Waals surface area contributed by atoms with Crippen molar-refractivity contribution in [2.45, 2.75) is 59.3 Å². The maximum atomic E-state index is 12.3. The molecule has 1 amide bonds. The number of thioether (sulfide) groups is 1. The molecule has 1 saturated heterocycles. The van der Waals surface area contributed by atoms with Gasteiger partial charge in [-0.3, -0.25) is 4.79 Å². The third kappa shape index (κ3) is 6.51. The second kappa shape index (κ2) is 9.46. The first kappa shape index (κ1) is 16.6. The molecule has 1 aliphatic rings. The molecule has 0 aromatic rings. The van der Waals surface area contributed by atoms with Crippen LogP contribution in [0.4, 0.5) is 0 Å². The number of hydrogen-bond acceptors (Lipinski definition) is 2. The average molecular weight is 283 g/mol. The van der Waals surface area contributed by atoms with E-state index in [4.69, 9.17) is 0 Å². The Labute approximate surface area is 123 Å². The van der Waals surface area contributed by atoms with Crippen molar-refractivity contribution in [3.63, 3.8) is 0 Å². The topological polar surface area (TPSA) is 20.3 Å². The van der Waals surface area contributed by atoms with Crippen molar-refractivity contribution in [1.82, 2.24) is 4.90 Å². The van der Waals surface area contributed by atoms with E-state index in [2.05, 4.69) is 26.2 Å². The van der Waals surface area contributed by atoms with Crippen LogP contribution in [-0.4, -0.2) is 29.6 Å². The zero-order valence-corrected chi connectivity index (χ0v) is 13.6. The van der Waals surface area contributed by atoms with Crippen LogP contribution in [0.25, 0.3) is 0 Å². The van der Waals surface area contributed by atoms with Gasteiger partial charge in [0.15, 0.2) is 0 Å². The second-order valence-electron chi connectivity index (χ2n) is 5.82. The van der Waals surface area contributed by atoms with E-state index in [0.717, 1.165) is 37.3 Å². The minimum atomic E-state index is 0.279. The van der Waals surface area contributed by atoms with Crippen LogP contribution in [-0.2, 0) is 4.79 Å². The van der Waals surface area contributed by atoms with E-state index >= 15 is 0 Å². The maximum absolute atomic E-state index is 12.3. The molecule has 0 atom stereocenters. The van der Waals surface area contributed by atoms with E-state index in [1.54, 1.807) is 0 Å². The molecule has 0 unspecified atom stereocenters. The summed E-state index contributed by atoms with van der Waals surface area (Å²) >= 11 is 1.83. The molecule has 1 heterocycles. The molecular weight excluding hydrogens is 254 g/mol. The molecule has 0 aromatic heterocycles. The van der Waals surface area contributed by atoms with Crippen molar-refractivity contribution in [2.75, 3.05) is 18.8 Å². The predicted octanol–water partition coefficient (Wildman–Crippen LogP) is 4.46. The molecule has 0 aromatic carbocycles. The molecule has 0 radical (unpaired) electrons. The lowest BCUT2D eigenvalue weighted by atomic mass is 10.0. The summed E-state index contributed by atoms with van der Waals surface area (Å²) in [7, 11) is 0. The number of amides is 1. The van der Waals surface area contributed by atoms with E-state index in [0.29, 0.717) is 5.92 Å². The van der Waals surface area contributed by atoms with Crippen molar-refractivity contribution >= 4 is 17.7 Å². The normalized spacial score (nSPS) is 18.6. The minimum Gasteiger partial charge on any atom is -0.339 e. The third-order valence-electron chi connectivity index (χ3n) is 3.36. The highest BCUT2D eigenvalue weighted by molar-refractivity contribution is 8.02. The van der Waals surface area contributed by atoms with Crippen molar-refractivity contribution in [3.8, 4) is 0 Å². The highest BCUT2D eigenvalue weighted by Crippen LogP contribution is 2.22. The SMILES string of the molecule is CCCCCCS/C=C1/CCCN(CC(C)C)C1=O. The van der Waals surface area contributed by atoms with Gasteiger partial charge in [0, 0.05) is 18.7 Å². The molecular formula is C16H29NOS. The van der Waals surface area contributed by atoms with Crippen molar-refractivity contribution in [2.24, 2.45) is 5.92 Å². The molecule has 1 fully saturated rings. The zero-order valence-electron chi connectivity index (χ0n) is 12.8. The molecule has 19 heavy (non-hydrogen) atoms. The summed E-state index contributed by atoms with van der Waals surface area (Å²) in [5, 5.41) is 2.13. The number of likely N-dealkylation sites (tertiary alicyclic amines) is 1. The van der Waals surface area contributed by atoms with Gasteiger partial charge in [-0.15, -0.1) is 11.8 Å². The van der Waals surface area contributed by atoms with Crippen LogP contribution in [0.15, 0.2) is 11.0 Å². The molecule has 1 rings (SSSR count). The van der Waals surface area contributed by atoms with Crippen LogP contribution < -0.4 is 0 Å². The summed E-state index contributed by atoms with van der Waals surface area (Å²) < 4.78 is 0. The lowest BCUT2D eigenvalue weighted by Crippen LogP contribution is -2.39. The van der Waals surface area contributed by atoms with Crippen LogP contribution in [0.2, 0.25) is 0 Å². The van der Waals surface area contributed by atoms with Gasteiger partial charge in [-0.25, -0.2) is 0 Å². The number of carbonyl (C=O) groups is 1. The van der Waals surface area contributed by atoms with Gasteiger partial charge in [-0.1, -0.05) is 40.0 Å². The zero-order chi connectivity index (χ0) is 14.1. The van der Waals surface area contributed by atoms with Gasteiger partial charge in [0.25, 0.3) is 0 Å². The van der Waals surface area contributed by atoms with Crippen molar-refractivity contribution in [1.29, 1.82) is 0 Å². The van der Waals surface area contributed by atoms with Gasteiger partial charge in [0.1, 0.15) is 0 Å². The van der Waals surface area contributed by atoms with Gasteiger partial charge in [0.05, 0.1) is 0 Å². The molecule has 2 nitrogen and oxygen atoms in total. The van der Waals surface area contributed by atoms with E-state index in [1.807, 2.05) is 16.7 Å². The lowest BCUT2D eigenvalue weighted by molar-refractivity contribution is -0.129. The second-order valence-corrected chi connectivity index (χ2v) is 6.80. The summed E-state index contributed by atoms with van der Waals surface area (Å²) in [4.78, 5) is 14.3. The fraction of sp³-hybridized carbons (Fsp3) is 0.812. The van der Waals surface area contributed by atoms with Crippen LogP contribution >= 0.6 is 11.8 Å². The van der Waals surface area contributed by atoms with Gasteiger partial charge in [-0.05, 0) is 36.3 Å². The number of unbranched alkanes of at least 4 members (excludes halogenated alkanes) is 3. The van der Waals surface area contributed by atoms with E-state index in [1.165, 1.54) is 25.7 Å². The first-order valence-electron chi connectivity index (χ1n) is 7.75. The van der Waals surface area contributed by atoms with Crippen LogP contribution in [0, 0.1) is 5.92 Å². The summed E-state index contributed by atoms with van der Waals surface area (Å²) in [6, 6.07) is 0. The van der Waals surface area contributed by atoms with E-state index in [9.17, 15) is 4.79 Å². The Bertz CT molecular complexity index is 299. The Morgan fingerprint density at radius 3 is 2.79 bits per heavy atom. The van der Waals surface area contributed by atoms with E-state index in [-0.39, 0.29) is 5.91 Å². The van der Waals surface area contributed by atoms with Gasteiger partial charge in [0.2, 0.25) is 5.91 Å². The lowest BCUT2D eigenvalue weighted by Gasteiger charge is -2.29. The maximum Gasteiger partial charge on any atom is 0.250 e. The Balaban J connectivity index is 2.33.